The van der Waals surface area contributed by atoms with Gasteiger partial charge in [0, 0.05) is 11.3 Å². The number of carbonyl (C=O) groups is 1. The van der Waals surface area contributed by atoms with Crippen molar-refractivity contribution in [2.75, 3.05) is 12.3 Å². The molecule has 1 saturated heterocycles. The molecule has 2 aromatic rings. The standard InChI is InChI=1S/C21H29N8O13P3/c1-5-6-7-13(12(2)21(3,4)27-28-23)20(30)40-14-8-16(29-11-26-17-18(22)24-10-25-19(17)29)39-15(14)9-38-44(34,35)42-45(36,37)41-43(31,32)33/h5-7,10-11,14-16H,2,8-9H2,1,3-4H3,(H,34,35)(H,36,37)(H2,22,24,25)(H2,31,32,33)/b6-5-,13-7+/t14-,15-,16-/m1/s1. The van der Waals surface area contributed by atoms with Gasteiger partial charge in [-0.3, -0.25) is 9.09 Å². The van der Waals surface area contributed by atoms with E-state index in [9.17, 15) is 28.3 Å². The van der Waals surface area contributed by atoms with E-state index in [1.807, 2.05) is 0 Å². The number of hydrogen-bond donors (Lipinski definition) is 5. The van der Waals surface area contributed by atoms with Crippen molar-refractivity contribution in [3.05, 3.63) is 59.1 Å². The fraction of sp³-hybridized carbons (Fsp3) is 0.429. The summed E-state index contributed by atoms with van der Waals surface area (Å²) < 4.78 is 60.3. The van der Waals surface area contributed by atoms with Crippen molar-refractivity contribution in [1.82, 2.24) is 19.5 Å². The van der Waals surface area contributed by atoms with Crippen LogP contribution in [0.5, 0.6) is 0 Å². The van der Waals surface area contributed by atoms with Crippen LogP contribution in [0.1, 0.15) is 33.4 Å². The Morgan fingerprint density at radius 1 is 1.24 bits per heavy atom. The van der Waals surface area contributed by atoms with E-state index in [1.54, 1.807) is 13.0 Å². The summed E-state index contributed by atoms with van der Waals surface area (Å²) >= 11 is 0. The fourth-order valence-electron chi connectivity index (χ4n) is 3.88. The van der Waals surface area contributed by atoms with E-state index >= 15 is 0 Å². The molecule has 0 spiro atoms. The Balaban J connectivity index is 1.92. The topological polar surface area (TPSA) is 314 Å². The predicted octanol–water partition coefficient (Wildman–Crippen LogP) is 3.10. The lowest BCUT2D eigenvalue weighted by Crippen LogP contribution is -2.33. The second-order valence-electron chi connectivity index (χ2n) is 9.61. The molecule has 5 atom stereocenters. The van der Waals surface area contributed by atoms with Crippen LogP contribution in [0.25, 0.3) is 21.6 Å². The number of esters is 1. The third-order valence-corrected chi connectivity index (χ3v) is 9.79. The molecule has 2 aromatic heterocycles. The van der Waals surface area contributed by atoms with Crippen LogP contribution in [0.4, 0.5) is 5.82 Å². The van der Waals surface area contributed by atoms with Gasteiger partial charge in [0.2, 0.25) is 0 Å². The van der Waals surface area contributed by atoms with Crippen LogP contribution in [0.15, 0.2) is 53.7 Å². The lowest BCUT2D eigenvalue weighted by Gasteiger charge is -2.25. The molecule has 0 aliphatic carbocycles. The van der Waals surface area contributed by atoms with Gasteiger partial charge in [-0.15, -0.1) is 0 Å². The van der Waals surface area contributed by atoms with Crippen molar-refractivity contribution >= 4 is 46.4 Å². The highest BCUT2D eigenvalue weighted by atomic mass is 31.3. The Labute approximate surface area is 254 Å². The number of hydrogen-bond acceptors (Lipinski definition) is 14. The predicted molar refractivity (Wildman–Crippen MR) is 153 cm³/mol. The molecule has 246 valence electrons. The van der Waals surface area contributed by atoms with Crippen molar-refractivity contribution in [2.45, 2.75) is 51.2 Å². The molecule has 2 unspecified atom stereocenters. The first-order chi connectivity index (χ1) is 20.8. The maximum atomic E-state index is 13.5. The number of phosphoric acid groups is 3. The summed E-state index contributed by atoms with van der Waals surface area (Å²) in [5.41, 5.74) is 14.0. The summed E-state index contributed by atoms with van der Waals surface area (Å²) in [6.45, 7) is 7.66. The van der Waals surface area contributed by atoms with E-state index in [-0.39, 0.29) is 34.5 Å². The zero-order valence-electron chi connectivity index (χ0n) is 23.8. The highest BCUT2D eigenvalue weighted by Gasteiger charge is 2.45. The fourth-order valence-corrected chi connectivity index (χ4v) is 6.91. The van der Waals surface area contributed by atoms with Gasteiger partial charge in [-0.25, -0.2) is 33.4 Å². The number of anilines is 1. The van der Waals surface area contributed by atoms with Crippen LogP contribution >= 0.6 is 23.5 Å². The third kappa shape index (κ3) is 9.61. The summed E-state index contributed by atoms with van der Waals surface area (Å²) in [7, 11) is -17.0. The van der Waals surface area contributed by atoms with E-state index in [0.29, 0.717) is 0 Å². The molecule has 0 saturated carbocycles. The molecular weight excluding hydrogens is 665 g/mol. The van der Waals surface area contributed by atoms with Gasteiger partial charge in [0.15, 0.2) is 11.5 Å². The van der Waals surface area contributed by atoms with Crippen molar-refractivity contribution in [3.63, 3.8) is 0 Å². The zero-order valence-corrected chi connectivity index (χ0v) is 26.4. The molecule has 24 heteroatoms. The van der Waals surface area contributed by atoms with Gasteiger partial charge < -0.3 is 34.8 Å². The van der Waals surface area contributed by atoms with Crippen LogP contribution < -0.4 is 5.73 Å². The minimum absolute atomic E-state index is 0.0591. The van der Waals surface area contributed by atoms with Crippen LogP contribution in [-0.2, 0) is 41.1 Å². The Kier molecular flexibility index (Phi) is 11.3. The number of ether oxygens (including phenoxy) is 2. The zero-order chi connectivity index (χ0) is 33.8. The number of nitrogens with zero attached hydrogens (tertiary/aromatic N) is 7. The monoisotopic (exact) mass is 694 g/mol. The Morgan fingerprint density at radius 2 is 1.93 bits per heavy atom. The van der Waals surface area contributed by atoms with Gasteiger partial charge in [-0.2, -0.15) is 8.62 Å². The Bertz CT molecular complexity index is 1710. The maximum Gasteiger partial charge on any atom is 0.490 e. The SMILES string of the molecule is C=C(/C(=C\C=C/C)C(=O)O[C@@H]1C[C@H](n2cnc3c(N)ncnc32)O[C@@H]1COP(=O)(O)OP(=O)(O)OP(=O)(O)O)C(C)(C)N=[N+]=[N-]. The van der Waals surface area contributed by atoms with Crippen molar-refractivity contribution in [2.24, 2.45) is 5.11 Å². The summed E-state index contributed by atoms with van der Waals surface area (Å²) in [5, 5.41) is 3.66. The van der Waals surface area contributed by atoms with Crippen LogP contribution in [0.2, 0.25) is 0 Å². The number of allylic oxidation sites excluding steroid dienone is 3. The molecule has 6 N–H and O–H groups in total. The highest BCUT2D eigenvalue weighted by molar-refractivity contribution is 7.66. The molecule has 21 nitrogen and oxygen atoms in total. The first-order valence-electron chi connectivity index (χ1n) is 12.5. The molecule has 0 aromatic carbocycles. The molecule has 3 rings (SSSR count). The normalized spacial score (nSPS) is 22.1. The first kappa shape index (κ1) is 36.2. The average Bonchev–Trinajstić information content (AvgIpc) is 3.50. The number of azide groups is 1. The average molecular weight is 694 g/mol. The first-order valence-corrected chi connectivity index (χ1v) is 17.0. The largest absolute Gasteiger partial charge is 0.490 e. The molecule has 0 amide bonds. The molecule has 0 bridgehead atoms. The minimum atomic E-state index is -5.80. The number of carbonyl (C=O) groups excluding carboxylic acids is 1. The number of nitrogens with two attached hydrogens (primary N) is 1. The minimum Gasteiger partial charge on any atom is -0.456 e. The van der Waals surface area contributed by atoms with E-state index in [0.717, 1.165) is 0 Å². The number of fused-ring (bicyclic) bond motifs is 1. The van der Waals surface area contributed by atoms with Crippen LogP contribution in [-0.4, -0.2) is 69.4 Å². The quantitative estimate of drug-likeness (QED) is 0.0361. The van der Waals surface area contributed by atoms with Crippen molar-refractivity contribution in [3.8, 4) is 0 Å². The second-order valence-corrected chi connectivity index (χ2v) is 14.0. The maximum absolute atomic E-state index is 13.5. The van der Waals surface area contributed by atoms with E-state index in [2.05, 4.69) is 40.2 Å². The lowest BCUT2D eigenvalue weighted by atomic mass is 9.89. The number of nitrogen functional groups attached to an aromatic ring is 1. The number of rotatable bonds is 14. The summed E-state index contributed by atoms with van der Waals surface area (Å²) in [6.07, 6.45) is 3.22. The van der Waals surface area contributed by atoms with Gasteiger partial charge >= 0.3 is 29.4 Å². The summed E-state index contributed by atoms with van der Waals surface area (Å²) in [6, 6.07) is 0. The number of imidazole rings is 1. The molecule has 3 heterocycles. The number of phosphoric ester groups is 1. The summed E-state index contributed by atoms with van der Waals surface area (Å²) in [5.74, 6) is -0.900. The van der Waals surface area contributed by atoms with Crippen molar-refractivity contribution < 1.29 is 60.7 Å². The molecule has 45 heavy (non-hydrogen) atoms. The molecule has 0 radical (unpaired) electrons. The van der Waals surface area contributed by atoms with E-state index < -0.39 is 60.0 Å². The molecular formula is C21H29N8O13P3. The lowest BCUT2D eigenvalue weighted by molar-refractivity contribution is -0.148. The van der Waals surface area contributed by atoms with Crippen LogP contribution in [0.3, 0.4) is 0 Å². The Hall–Kier alpha value is -3.28. The highest BCUT2D eigenvalue weighted by Crippen LogP contribution is 2.66. The second kappa shape index (κ2) is 14.0. The smallest absolute Gasteiger partial charge is 0.456 e. The van der Waals surface area contributed by atoms with E-state index in [4.69, 9.17) is 35.0 Å². The molecule has 1 fully saturated rings. The molecule has 1 aliphatic heterocycles. The van der Waals surface area contributed by atoms with Gasteiger partial charge in [-0.1, -0.05) is 37.7 Å². The third-order valence-electron chi connectivity index (χ3n) is 5.99. The van der Waals surface area contributed by atoms with Gasteiger partial charge in [0.1, 0.15) is 30.3 Å². The molecule has 1 aliphatic rings. The van der Waals surface area contributed by atoms with Crippen LogP contribution in [0, 0.1) is 0 Å². The summed E-state index contributed by atoms with van der Waals surface area (Å²) in [4.78, 5) is 65.2. The van der Waals surface area contributed by atoms with Gasteiger partial charge in [0.05, 0.1) is 24.0 Å². The van der Waals surface area contributed by atoms with Gasteiger partial charge in [0.25, 0.3) is 0 Å². The number of aromatic nitrogens is 4. The van der Waals surface area contributed by atoms with Crippen molar-refractivity contribution in [1.29, 1.82) is 0 Å². The van der Waals surface area contributed by atoms with Gasteiger partial charge in [-0.05, 0) is 24.1 Å². The van der Waals surface area contributed by atoms with E-state index in [1.165, 1.54) is 43.2 Å². The Morgan fingerprint density at radius 3 is 2.56 bits per heavy atom.